The molecule has 0 saturated carbocycles. The third kappa shape index (κ3) is 6.60. The number of amides is 1. The molecule has 3 aliphatic heterocycles. The van der Waals surface area contributed by atoms with E-state index in [1.54, 1.807) is 0 Å². The van der Waals surface area contributed by atoms with Gasteiger partial charge in [-0.15, -0.1) is 0 Å². The fourth-order valence-corrected chi connectivity index (χ4v) is 4.53. The number of hydrogen-bond donors (Lipinski definition) is 10. The predicted molar refractivity (Wildman–Crippen MR) is 118 cm³/mol. The minimum atomic E-state index is -1.74. The summed E-state index contributed by atoms with van der Waals surface area (Å²) in [5.74, 6) is -0.634. The molecule has 0 aromatic rings. The third-order valence-electron chi connectivity index (χ3n) is 6.69. The molecule has 0 unspecified atom stereocenters. The van der Waals surface area contributed by atoms with E-state index < -0.39 is 118 Å². The number of hydrogen-bond acceptors (Lipinski definition) is 16. The number of ether oxygens (including phenoxy) is 6. The van der Waals surface area contributed by atoms with Crippen molar-refractivity contribution in [3.05, 3.63) is 0 Å². The normalized spacial score (nSPS) is 48.0. The van der Waals surface area contributed by atoms with Gasteiger partial charge < -0.3 is 79.7 Å². The summed E-state index contributed by atoms with van der Waals surface area (Å²) >= 11 is 0. The van der Waals surface area contributed by atoms with Gasteiger partial charge in [0.1, 0.15) is 73.2 Å². The van der Waals surface area contributed by atoms with Crippen LogP contribution in [0.2, 0.25) is 0 Å². The number of aliphatic hydroxyl groups is 9. The van der Waals surface area contributed by atoms with Gasteiger partial charge in [-0.3, -0.25) is 4.79 Å². The van der Waals surface area contributed by atoms with Crippen molar-refractivity contribution in [2.75, 3.05) is 26.9 Å². The maximum absolute atomic E-state index is 11.8. The molecule has 0 spiro atoms. The number of methoxy groups -OCH3 is 1. The van der Waals surface area contributed by atoms with Gasteiger partial charge in [-0.05, 0) is 0 Å². The van der Waals surface area contributed by atoms with Crippen LogP contribution in [0.25, 0.3) is 0 Å². The third-order valence-corrected chi connectivity index (χ3v) is 6.69. The van der Waals surface area contributed by atoms with Crippen LogP contribution < -0.4 is 5.32 Å². The van der Waals surface area contributed by atoms with Crippen molar-refractivity contribution in [2.45, 2.75) is 99.0 Å². The van der Waals surface area contributed by atoms with E-state index in [0.29, 0.717) is 0 Å². The van der Waals surface area contributed by atoms with Gasteiger partial charge in [-0.2, -0.15) is 0 Å². The average Bonchev–Trinajstić information content (AvgIpc) is 2.89. The Morgan fingerprint density at radius 2 is 1.26 bits per heavy atom. The topological polar surface area (TPSA) is 267 Å². The van der Waals surface area contributed by atoms with Gasteiger partial charge in [0.05, 0.1) is 19.8 Å². The zero-order valence-corrected chi connectivity index (χ0v) is 20.7. The molecule has 0 aliphatic carbocycles. The predicted octanol–water partition coefficient (Wildman–Crippen LogP) is -6.78. The van der Waals surface area contributed by atoms with Crippen LogP contribution in [0, 0.1) is 0 Å². The van der Waals surface area contributed by atoms with Gasteiger partial charge in [0.25, 0.3) is 0 Å². The van der Waals surface area contributed by atoms with Crippen LogP contribution in [0.1, 0.15) is 6.92 Å². The van der Waals surface area contributed by atoms with Crippen molar-refractivity contribution < 1.29 is 79.2 Å². The maximum atomic E-state index is 11.8. The van der Waals surface area contributed by atoms with Crippen LogP contribution in [0.5, 0.6) is 0 Å². The molecule has 0 aromatic carbocycles. The molecule has 3 rings (SSSR count). The van der Waals surface area contributed by atoms with Crippen LogP contribution in [0.4, 0.5) is 0 Å². The molecule has 17 heteroatoms. The van der Waals surface area contributed by atoms with E-state index >= 15 is 0 Å². The molecule has 3 fully saturated rings. The number of carbonyl (C=O) groups excluding carboxylic acids is 1. The molecule has 0 aromatic heterocycles. The van der Waals surface area contributed by atoms with Crippen LogP contribution in [0.15, 0.2) is 0 Å². The molecule has 10 N–H and O–H groups in total. The van der Waals surface area contributed by atoms with Gasteiger partial charge in [0.2, 0.25) is 5.91 Å². The first kappa shape index (κ1) is 31.4. The summed E-state index contributed by atoms with van der Waals surface area (Å²) in [5, 5.41) is 93.8. The molecule has 38 heavy (non-hydrogen) atoms. The minimum Gasteiger partial charge on any atom is -0.394 e. The monoisotopic (exact) mass is 559 g/mol. The molecule has 0 bridgehead atoms. The Hall–Kier alpha value is -1.13. The molecule has 0 radical (unpaired) electrons. The first-order valence-electron chi connectivity index (χ1n) is 12.0. The summed E-state index contributed by atoms with van der Waals surface area (Å²) in [6, 6.07) is -1.40. The zero-order chi connectivity index (χ0) is 28.3. The van der Waals surface area contributed by atoms with Gasteiger partial charge >= 0.3 is 0 Å². The molecule has 3 aliphatic rings. The molecule has 3 saturated heterocycles. The lowest BCUT2D eigenvalue weighted by molar-refractivity contribution is -0.351. The van der Waals surface area contributed by atoms with Crippen molar-refractivity contribution in [1.82, 2.24) is 5.32 Å². The van der Waals surface area contributed by atoms with Crippen LogP contribution in [-0.4, -0.2) is 171 Å². The minimum absolute atomic E-state index is 0.591. The van der Waals surface area contributed by atoms with E-state index in [1.165, 1.54) is 7.11 Å². The summed E-state index contributed by atoms with van der Waals surface area (Å²) in [7, 11) is 1.21. The average molecular weight is 560 g/mol. The van der Waals surface area contributed by atoms with Crippen molar-refractivity contribution >= 4 is 5.91 Å². The smallest absolute Gasteiger partial charge is 0.217 e. The van der Waals surface area contributed by atoms with E-state index in [1.807, 2.05) is 0 Å². The highest BCUT2D eigenvalue weighted by atomic mass is 16.7. The fraction of sp³-hybridized carbons (Fsp3) is 0.952. The summed E-state index contributed by atoms with van der Waals surface area (Å²) in [5.41, 5.74) is 0. The Bertz CT molecular complexity index is 745. The Balaban J connectivity index is 1.77. The van der Waals surface area contributed by atoms with Crippen molar-refractivity contribution in [1.29, 1.82) is 0 Å². The molecule has 3 heterocycles. The van der Waals surface area contributed by atoms with Crippen molar-refractivity contribution in [2.24, 2.45) is 0 Å². The maximum Gasteiger partial charge on any atom is 0.217 e. The van der Waals surface area contributed by atoms with Crippen LogP contribution in [-0.2, 0) is 33.2 Å². The Labute approximate surface area is 217 Å². The van der Waals surface area contributed by atoms with Crippen LogP contribution in [0.3, 0.4) is 0 Å². The van der Waals surface area contributed by atoms with Gasteiger partial charge in [0.15, 0.2) is 18.9 Å². The second kappa shape index (κ2) is 13.5. The highest BCUT2D eigenvalue weighted by Crippen LogP contribution is 2.30. The van der Waals surface area contributed by atoms with E-state index in [9.17, 15) is 50.8 Å². The highest BCUT2D eigenvalue weighted by molar-refractivity contribution is 5.73. The second-order valence-corrected chi connectivity index (χ2v) is 9.32. The largest absolute Gasteiger partial charge is 0.394 e. The fourth-order valence-electron chi connectivity index (χ4n) is 4.53. The first-order valence-corrected chi connectivity index (χ1v) is 12.0. The molecule has 15 atom stereocenters. The van der Waals surface area contributed by atoms with E-state index in [4.69, 9.17) is 28.4 Å². The number of carbonyl (C=O) groups is 1. The van der Waals surface area contributed by atoms with Crippen molar-refractivity contribution in [3.8, 4) is 0 Å². The van der Waals surface area contributed by atoms with E-state index in [-0.39, 0.29) is 0 Å². The van der Waals surface area contributed by atoms with Gasteiger partial charge in [0, 0.05) is 14.0 Å². The number of rotatable bonds is 9. The quantitative estimate of drug-likeness (QED) is 0.126. The van der Waals surface area contributed by atoms with Gasteiger partial charge in [-0.1, -0.05) is 0 Å². The molecule has 222 valence electrons. The molecule has 17 nitrogen and oxygen atoms in total. The zero-order valence-electron chi connectivity index (χ0n) is 20.7. The molecular formula is C21H37NO16. The highest BCUT2D eigenvalue weighted by Gasteiger charge is 2.52. The molecule has 1 amide bonds. The lowest BCUT2D eigenvalue weighted by Gasteiger charge is -2.47. The Morgan fingerprint density at radius 3 is 1.84 bits per heavy atom. The summed E-state index contributed by atoms with van der Waals surface area (Å²) in [6.45, 7) is -0.823. The number of nitrogens with one attached hydrogen (secondary N) is 1. The van der Waals surface area contributed by atoms with Crippen LogP contribution >= 0.6 is 0 Å². The summed E-state index contributed by atoms with van der Waals surface area (Å²) < 4.78 is 32.4. The Kier molecular flexibility index (Phi) is 11.1. The molecular weight excluding hydrogens is 522 g/mol. The van der Waals surface area contributed by atoms with E-state index in [0.717, 1.165) is 6.92 Å². The second-order valence-electron chi connectivity index (χ2n) is 9.32. The van der Waals surface area contributed by atoms with Gasteiger partial charge in [-0.25, -0.2) is 0 Å². The summed E-state index contributed by atoms with van der Waals surface area (Å²) in [4.78, 5) is 11.8. The standard InChI is InChI=1S/C21H37NO16/c1-6(25)22-10-14(29)12(27)9(5-34-21-16(31)15(30)11(26)7(3-23)36-21)37-19(10)38-18-13(28)8(4-24)35-20(33-2)17(18)32/h7-21,23-24,26-32H,3-5H2,1-2H3,(H,22,25)/t7-,8+,9+,10+,11+,12+,13-,14+,15+,16-,17+,18-,19-,20+,21+/m0/s1. The van der Waals surface area contributed by atoms with Crippen molar-refractivity contribution in [3.63, 3.8) is 0 Å². The lowest BCUT2D eigenvalue weighted by atomic mass is 9.95. The number of aliphatic hydroxyl groups excluding tert-OH is 9. The Morgan fingerprint density at radius 1 is 0.711 bits per heavy atom. The lowest BCUT2D eigenvalue weighted by Crippen LogP contribution is -2.68. The van der Waals surface area contributed by atoms with E-state index in [2.05, 4.69) is 5.32 Å². The first-order chi connectivity index (χ1) is 17.9. The summed E-state index contributed by atoms with van der Waals surface area (Å²) in [6.07, 6.45) is -21.6. The SMILES string of the molecule is CO[C@@H]1O[C@H](CO)[C@H](O)[C@H](O[C@@H]2O[C@H](CO[C@@H]3O[C@@H](CO)[C@@H](O)[C@@H](O)[C@@H]3O)[C@@H](O)[C@H](O)[C@H]2NC(C)=O)[C@H]1O.